The van der Waals surface area contributed by atoms with Gasteiger partial charge in [0.05, 0.1) is 23.8 Å². The van der Waals surface area contributed by atoms with Gasteiger partial charge < -0.3 is 14.8 Å². The Hall–Kier alpha value is -2.31. The standard InChI is InChI=1S/C17H21N3O5S/c1-2-20(26(22,23)12-17(11-18)5-6-17)10-16(21)19-13-3-4-14-15(9-13)25-8-7-24-14/h3-4,9H,2,5-8,10,12H2,1H3,(H,19,21). The van der Waals surface area contributed by atoms with E-state index in [4.69, 9.17) is 14.7 Å². The van der Waals surface area contributed by atoms with E-state index in [0.717, 1.165) is 4.31 Å². The fourth-order valence-corrected chi connectivity index (χ4v) is 4.71. The van der Waals surface area contributed by atoms with Crippen molar-refractivity contribution in [1.29, 1.82) is 5.26 Å². The van der Waals surface area contributed by atoms with E-state index in [2.05, 4.69) is 11.4 Å². The van der Waals surface area contributed by atoms with Crippen LogP contribution in [0.5, 0.6) is 11.5 Å². The molecule has 9 heteroatoms. The van der Waals surface area contributed by atoms with Crippen LogP contribution in [0.3, 0.4) is 0 Å². The van der Waals surface area contributed by atoms with Crippen LogP contribution in [-0.4, -0.2) is 50.7 Å². The molecule has 0 saturated heterocycles. The van der Waals surface area contributed by atoms with Gasteiger partial charge in [0.1, 0.15) is 13.2 Å². The van der Waals surface area contributed by atoms with E-state index in [1.54, 1.807) is 25.1 Å². The van der Waals surface area contributed by atoms with Gasteiger partial charge in [-0.1, -0.05) is 6.92 Å². The Morgan fingerprint density at radius 3 is 2.62 bits per heavy atom. The summed E-state index contributed by atoms with van der Waals surface area (Å²) in [6, 6.07) is 7.09. The highest BCUT2D eigenvalue weighted by Crippen LogP contribution is 2.46. The van der Waals surface area contributed by atoms with Gasteiger partial charge in [0.25, 0.3) is 0 Å². The van der Waals surface area contributed by atoms with Crippen molar-refractivity contribution in [3.05, 3.63) is 18.2 Å². The smallest absolute Gasteiger partial charge is 0.239 e. The number of nitrogens with zero attached hydrogens (tertiary/aromatic N) is 2. The molecule has 1 amide bonds. The first-order valence-electron chi connectivity index (χ1n) is 8.46. The number of fused-ring (bicyclic) bond motifs is 1. The van der Waals surface area contributed by atoms with Gasteiger partial charge in [-0.05, 0) is 25.0 Å². The zero-order valence-corrected chi connectivity index (χ0v) is 15.3. The lowest BCUT2D eigenvalue weighted by Crippen LogP contribution is -2.40. The Balaban J connectivity index is 1.63. The molecule has 1 saturated carbocycles. The molecule has 0 aromatic heterocycles. The Kier molecular flexibility index (Phi) is 5.07. The van der Waals surface area contributed by atoms with Crippen LogP contribution < -0.4 is 14.8 Å². The minimum atomic E-state index is -3.68. The largest absolute Gasteiger partial charge is 0.486 e. The minimum absolute atomic E-state index is 0.165. The summed E-state index contributed by atoms with van der Waals surface area (Å²) in [5, 5.41) is 11.8. The lowest BCUT2D eigenvalue weighted by Gasteiger charge is -2.22. The SMILES string of the molecule is CCN(CC(=O)Nc1ccc2c(c1)OCCO2)S(=O)(=O)CC1(C#N)CC1. The van der Waals surface area contributed by atoms with Crippen LogP contribution in [0.4, 0.5) is 5.69 Å². The molecule has 8 nitrogen and oxygen atoms in total. The fourth-order valence-electron chi connectivity index (χ4n) is 2.77. The molecule has 1 aliphatic heterocycles. The van der Waals surface area contributed by atoms with E-state index in [9.17, 15) is 13.2 Å². The number of carbonyl (C=O) groups excluding carboxylic acids is 1. The third-order valence-corrected chi connectivity index (χ3v) is 6.53. The second-order valence-corrected chi connectivity index (χ2v) is 8.45. The number of benzene rings is 1. The number of hydrogen-bond donors (Lipinski definition) is 1. The molecule has 0 atom stereocenters. The van der Waals surface area contributed by atoms with Gasteiger partial charge in [-0.25, -0.2) is 8.42 Å². The van der Waals surface area contributed by atoms with Crippen LogP contribution in [0, 0.1) is 16.7 Å². The number of nitrogens with one attached hydrogen (secondary N) is 1. The van der Waals surface area contributed by atoms with E-state index >= 15 is 0 Å². The molecular formula is C17H21N3O5S. The number of amides is 1. The van der Waals surface area contributed by atoms with Crippen molar-refractivity contribution in [2.24, 2.45) is 5.41 Å². The monoisotopic (exact) mass is 379 g/mol. The van der Waals surface area contributed by atoms with Gasteiger partial charge in [0.15, 0.2) is 11.5 Å². The van der Waals surface area contributed by atoms with Gasteiger partial charge in [-0.3, -0.25) is 4.79 Å². The van der Waals surface area contributed by atoms with Crippen molar-refractivity contribution < 1.29 is 22.7 Å². The van der Waals surface area contributed by atoms with Crippen LogP contribution in [-0.2, 0) is 14.8 Å². The number of nitriles is 1. The number of anilines is 1. The summed E-state index contributed by atoms with van der Waals surface area (Å²) in [6.07, 6.45) is 1.17. The van der Waals surface area contributed by atoms with Crippen molar-refractivity contribution in [2.75, 3.05) is 37.4 Å². The lowest BCUT2D eigenvalue weighted by molar-refractivity contribution is -0.116. The number of hydrogen-bond acceptors (Lipinski definition) is 6. The molecule has 0 spiro atoms. The van der Waals surface area contributed by atoms with Gasteiger partial charge >= 0.3 is 0 Å². The summed E-state index contributed by atoms with van der Waals surface area (Å²) in [6.45, 7) is 2.45. The maximum absolute atomic E-state index is 12.5. The molecule has 1 aromatic rings. The second-order valence-electron chi connectivity index (χ2n) is 6.48. The summed E-state index contributed by atoms with van der Waals surface area (Å²) >= 11 is 0. The van der Waals surface area contributed by atoms with E-state index in [1.807, 2.05) is 0 Å². The molecule has 2 aliphatic rings. The first kappa shape index (κ1) is 18.5. The van der Waals surface area contributed by atoms with Gasteiger partial charge in [0, 0.05) is 18.3 Å². The predicted molar refractivity (Wildman–Crippen MR) is 94.4 cm³/mol. The Morgan fingerprint density at radius 2 is 2.00 bits per heavy atom. The van der Waals surface area contributed by atoms with Crippen molar-refractivity contribution in [3.8, 4) is 17.6 Å². The molecular weight excluding hydrogens is 358 g/mol. The summed E-state index contributed by atoms with van der Waals surface area (Å²) < 4.78 is 37.0. The third-order valence-electron chi connectivity index (χ3n) is 4.44. The maximum Gasteiger partial charge on any atom is 0.239 e. The molecule has 1 aromatic carbocycles. The van der Waals surface area contributed by atoms with Crippen molar-refractivity contribution in [2.45, 2.75) is 19.8 Å². The van der Waals surface area contributed by atoms with Crippen molar-refractivity contribution in [3.63, 3.8) is 0 Å². The lowest BCUT2D eigenvalue weighted by atomic mass is 10.2. The highest BCUT2D eigenvalue weighted by molar-refractivity contribution is 7.89. The highest BCUT2D eigenvalue weighted by atomic mass is 32.2. The van der Waals surface area contributed by atoms with Crippen LogP contribution >= 0.6 is 0 Å². The zero-order valence-electron chi connectivity index (χ0n) is 14.5. The summed E-state index contributed by atoms with van der Waals surface area (Å²) in [4.78, 5) is 12.3. The first-order valence-corrected chi connectivity index (χ1v) is 10.1. The van der Waals surface area contributed by atoms with Crippen LogP contribution in [0.25, 0.3) is 0 Å². The molecule has 1 N–H and O–H groups in total. The summed E-state index contributed by atoms with van der Waals surface area (Å²) in [5.41, 5.74) is -0.276. The fraction of sp³-hybridized carbons (Fsp3) is 0.529. The summed E-state index contributed by atoms with van der Waals surface area (Å²) in [7, 11) is -3.68. The van der Waals surface area contributed by atoms with Crippen LogP contribution in [0.1, 0.15) is 19.8 Å². The van der Waals surface area contributed by atoms with E-state index in [1.165, 1.54) is 0 Å². The molecule has 1 heterocycles. The minimum Gasteiger partial charge on any atom is -0.486 e. The Morgan fingerprint density at radius 1 is 1.31 bits per heavy atom. The average Bonchev–Trinajstić information content (AvgIpc) is 3.38. The van der Waals surface area contributed by atoms with Crippen LogP contribution in [0.2, 0.25) is 0 Å². The number of ether oxygens (including phenoxy) is 2. The number of sulfonamides is 1. The molecule has 0 unspecified atom stereocenters. The van der Waals surface area contributed by atoms with Crippen LogP contribution in [0.15, 0.2) is 18.2 Å². The Labute approximate surface area is 152 Å². The van der Waals surface area contributed by atoms with E-state index in [-0.39, 0.29) is 18.8 Å². The van der Waals surface area contributed by atoms with Gasteiger partial charge in [-0.2, -0.15) is 9.57 Å². The molecule has 26 heavy (non-hydrogen) atoms. The quantitative estimate of drug-likeness (QED) is 0.766. The van der Waals surface area contributed by atoms with Gasteiger partial charge in [-0.15, -0.1) is 0 Å². The molecule has 0 radical (unpaired) electrons. The molecule has 3 rings (SSSR count). The third kappa shape index (κ3) is 4.08. The van der Waals surface area contributed by atoms with Crippen molar-refractivity contribution >= 4 is 21.6 Å². The number of carbonyl (C=O) groups is 1. The topological polar surface area (TPSA) is 109 Å². The predicted octanol–water partition coefficient (Wildman–Crippen LogP) is 1.35. The summed E-state index contributed by atoms with van der Waals surface area (Å²) in [5.74, 6) is 0.465. The average molecular weight is 379 g/mol. The number of rotatable bonds is 7. The normalized spacial score (nSPS) is 17.4. The molecule has 140 valence electrons. The molecule has 0 bridgehead atoms. The van der Waals surface area contributed by atoms with Crippen molar-refractivity contribution in [1.82, 2.24) is 4.31 Å². The van der Waals surface area contributed by atoms with E-state index < -0.39 is 21.3 Å². The van der Waals surface area contributed by atoms with Gasteiger partial charge in [0.2, 0.25) is 15.9 Å². The second kappa shape index (κ2) is 7.13. The Bertz CT molecular complexity index is 842. The molecule has 1 aliphatic carbocycles. The highest BCUT2D eigenvalue weighted by Gasteiger charge is 2.48. The zero-order chi connectivity index (χ0) is 18.8. The molecule has 1 fully saturated rings. The number of likely N-dealkylation sites (N-methyl/N-ethyl adjacent to an activating group) is 1. The van der Waals surface area contributed by atoms with E-state index in [0.29, 0.717) is 43.2 Å². The first-order chi connectivity index (χ1) is 12.4. The maximum atomic E-state index is 12.5.